The molecule has 2 fully saturated rings. The highest BCUT2D eigenvalue weighted by Crippen LogP contribution is 2.42. The molecule has 0 spiro atoms. The van der Waals surface area contributed by atoms with E-state index in [2.05, 4.69) is 34.6 Å². The van der Waals surface area contributed by atoms with Crippen LogP contribution in [0.1, 0.15) is 60.8 Å². The van der Waals surface area contributed by atoms with Gasteiger partial charge in [0, 0.05) is 30.3 Å². The molecule has 2 aliphatic heterocycles. The fourth-order valence-electron chi connectivity index (χ4n) is 6.11. The summed E-state index contributed by atoms with van der Waals surface area (Å²) in [5.74, 6) is 1.61. The Morgan fingerprint density at radius 1 is 0.804 bits per heavy atom. The largest absolute Gasteiger partial charge is 0.457 e. The topological polar surface area (TPSA) is 92.3 Å². The van der Waals surface area contributed by atoms with Crippen LogP contribution in [0, 0.1) is 5.92 Å². The monoisotopic (exact) mass is 621 g/mol. The summed E-state index contributed by atoms with van der Waals surface area (Å²) >= 11 is 0. The molecule has 0 aliphatic carbocycles. The van der Waals surface area contributed by atoms with Gasteiger partial charge in [0.2, 0.25) is 0 Å². The van der Waals surface area contributed by atoms with Crippen LogP contribution in [-0.2, 0) is 22.6 Å². The van der Waals surface area contributed by atoms with E-state index in [1.54, 1.807) is 0 Å². The van der Waals surface area contributed by atoms with Crippen LogP contribution in [0.15, 0.2) is 103 Å². The normalized spacial score (nSPS) is 21.8. The van der Waals surface area contributed by atoms with E-state index in [0.29, 0.717) is 18.0 Å². The van der Waals surface area contributed by atoms with E-state index >= 15 is 0 Å². The lowest BCUT2D eigenvalue weighted by molar-refractivity contribution is -0.276. The molecule has 0 saturated carbocycles. The number of amides is 2. The summed E-state index contributed by atoms with van der Waals surface area (Å²) in [4.78, 5) is 15.1. The van der Waals surface area contributed by atoms with Gasteiger partial charge in [0.05, 0.1) is 18.8 Å². The summed E-state index contributed by atoms with van der Waals surface area (Å²) in [7, 11) is 0. The molecule has 8 heteroatoms. The Morgan fingerprint density at radius 2 is 1.46 bits per heavy atom. The molecule has 4 atom stereocenters. The predicted octanol–water partition coefficient (Wildman–Crippen LogP) is 7.57. The highest BCUT2D eigenvalue weighted by Gasteiger charge is 2.39. The van der Waals surface area contributed by atoms with Crippen LogP contribution in [-0.4, -0.2) is 41.8 Å². The zero-order chi connectivity index (χ0) is 31.7. The van der Waals surface area contributed by atoms with E-state index in [4.69, 9.17) is 14.2 Å². The molecule has 2 aliphatic rings. The molecule has 4 aromatic carbocycles. The van der Waals surface area contributed by atoms with Crippen LogP contribution in [0.3, 0.4) is 0 Å². The Labute approximate surface area is 271 Å². The first-order valence-electron chi connectivity index (χ1n) is 16.2. The zero-order valence-corrected chi connectivity index (χ0v) is 26.3. The number of carbonyl (C=O) groups excluding carboxylic acids is 1. The molecular formula is C38H43N3O5. The lowest BCUT2D eigenvalue weighted by Crippen LogP contribution is -2.45. The number of anilines is 1. The first-order chi connectivity index (χ1) is 22.5. The number of nitrogens with zero attached hydrogens (tertiary/aromatic N) is 1. The molecule has 0 radical (unpaired) electrons. The van der Waals surface area contributed by atoms with Crippen LogP contribution in [0.5, 0.6) is 11.5 Å². The Kier molecular flexibility index (Phi) is 10.6. The predicted molar refractivity (Wildman–Crippen MR) is 179 cm³/mol. The molecule has 6 rings (SSSR count). The van der Waals surface area contributed by atoms with Crippen LogP contribution in [0.2, 0.25) is 0 Å². The first-order valence-corrected chi connectivity index (χ1v) is 16.2. The minimum Gasteiger partial charge on any atom is -0.457 e. The highest BCUT2D eigenvalue weighted by molar-refractivity contribution is 5.89. The van der Waals surface area contributed by atoms with Crippen LogP contribution < -0.4 is 15.4 Å². The van der Waals surface area contributed by atoms with Gasteiger partial charge in [0.1, 0.15) is 11.5 Å². The summed E-state index contributed by atoms with van der Waals surface area (Å²) in [5.41, 5.74) is 4.56. The van der Waals surface area contributed by atoms with Gasteiger partial charge >= 0.3 is 6.03 Å². The van der Waals surface area contributed by atoms with Crippen molar-refractivity contribution in [3.05, 3.63) is 125 Å². The van der Waals surface area contributed by atoms with Gasteiger partial charge in [-0.3, -0.25) is 0 Å². The van der Waals surface area contributed by atoms with Gasteiger partial charge < -0.3 is 34.9 Å². The molecule has 2 amide bonds. The van der Waals surface area contributed by atoms with Gasteiger partial charge in [-0.1, -0.05) is 80.1 Å². The van der Waals surface area contributed by atoms with Crippen molar-refractivity contribution in [2.75, 3.05) is 25.0 Å². The lowest BCUT2D eigenvalue weighted by Gasteiger charge is -2.43. The van der Waals surface area contributed by atoms with Crippen molar-refractivity contribution < 1.29 is 24.1 Å². The molecule has 8 nitrogen and oxygen atoms in total. The van der Waals surface area contributed by atoms with Gasteiger partial charge in [0.15, 0.2) is 6.29 Å². The third kappa shape index (κ3) is 8.33. The van der Waals surface area contributed by atoms with E-state index in [-0.39, 0.29) is 30.8 Å². The lowest BCUT2D eigenvalue weighted by atomic mass is 9.89. The number of urea groups is 1. The summed E-state index contributed by atoms with van der Waals surface area (Å²) in [6.07, 6.45) is 3.14. The maximum Gasteiger partial charge on any atom is 0.319 e. The van der Waals surface area contributed by atoms with E-state index < -0.39 is 6.29 Å². The summed E-state index contributed by atoms with van der Waals surface area (Å²) in [5, 5.41) is 15.3. The van der Waals surface area contributed by atoms with Gasteiger partial charge in [-0.15, -0.1) is 0 Å². The second-order valence-electron chi connectivity index (χ2n) is 12.2. The smallest absolute Gasteiger partial charge is 0.319 e. The molecule has 0 bridgehead atoms. The first kappa shape index (κ1) is 31.8. The fraction of sp³-hybridized carbons (Fsp3) is 0.342. The standard InChI is InChI=1S/C38H43N3O5/c1-27-35(25-41-22-6-3-7-23-41)45-37(46-36(27)30-14-12-29(26-42)13-15-30)31-16-10-28(11-17-31)24-39-38(43)40-32-18-20-34(21-19-32)44-33-8-4-2-5-9-33/h2,4-5,8-21,27,35-37,42H,3,6-7,22-26H2,1H3,(H2,39,40,43). The van der Waals surface area contributed by atoms with Crippen molar-refractivity contribution in [1.82, 2.24) is 10.2 Å². The fourth-order valence-corrected chi connectivity index (χ4v) is 6.11. The molecule has 46 heavy (non-hydrogen) atoms. The van der Waals surface area contributed by atoms with Crippen molar-refractivity contribution in [1.29, 1.82) is 0 Å². The average Bonchev–Trinajstić information content (AvgIpc) is 3.10. The summed E-state index contributed by atoms with van der Waals surface area (Å²) in [6.45, 7) is 5.70. The van der Waals surface area contributed by atoms with E-state index in [1.807, 2.05) is 91.0 Å². The van der Waals surface area contributed by atoms with Gasteiger partial charge in [-0.25, -0.2) is 4.79 Å². The number of carbonyl (C=O) groups is 1. The second kappa shape index (κ2) is 15.4. The number of hydrogen-bond donors (Lipinski definition) is 3. The number of aliphatic hydroxyl groups excluding tert-OH is 1. The number of piperidine rings is 1. The number of benzene rings is 4. The number of ether oxygens (including phenoxy) is 3. The third-order valence-corrected chi connectivity index (χ3v) is 8.81. The van der Waals surface area contributed by atoms with Crippen molar-refractivity contribution in [3.63, 3.8) is 0 Å². The highest BCUT2D eigenvalue weighted by atomic mass is 16.7. The Bertz CT molecular complexity index is 1520. The van der Waals surface area contributed by atoms with E-state index in [1.165, 1.54) is 19.3 Å². The number of likely N-dealkylation sites (tertiary alicyclic amines) is 1. The van der Waals surface area contributed by atoms with Crippen molar-refractivity contribution >= 4 is 11.7 Å². The minimum atomic E-state index is -0.507. The van der Waals surface area contributed by atoms with Crippen molar-refractivity contribution in [2.24, 2.45) is 5.92 Å². The van der Waals surface area contributed by atoms with Crippen molar-refractivity contribution in [2.45, 2.75) is 57.8 Å². The second-order valence-corrected chi connectivity index (χ2v) is 12.2. The molecule has 4 aromatic rings. The molecular weight excluding hydrogens is 578 g/mol. The molecule has 2 heterocycles. The van der Waals surface area contributed by atoms with E-state index in [0.717, 1.165) is 47.6 Å². The number of aliphatic hydroxyl groups is 1. The number of hydrogen-bond acceptors (Lipinski definition) is 6. The van der Waals surface area contributed by atoms with Crippen molar-refractivity contribution in [3.8, 4) is 11.5 Å². The Morgan fingerprint density at radius 3 is 2.15 bits per heavy atom. The summed E-state index contributed by atoms with van der Waals surface area (Å²) in [6, 6.07) is 32.6. The average molecular weight is 622 g/mol. The Hall–Kier alpha value is -4.21. The van der Waals surface area contributed by atoms with Crippen LogP contribution in [0.25, 0.3) is 0 Å². The molecule has 0 aromatic heterocycles. The quantitative estimate of drug-likeness (QED) is 0.169. The van der Waals surface area contributed by atoms with Gasteiger partial charge in [-0.2, -0.15) is 0 Å². The molecule has 240 valence electrons. The van der Waals surface area contributed by atoms with Crippen LogP contribution >= 0.6 is 0 Å². The van der Waals surface area contributed by atoms with Gasteiger partial charge in [-0.05, 0) is 79.0 Å². The Balaban J connectivity index is 1.06. The van der Waals surface area contributed by atoms with Gasteiger partial charge in [0.25, 0.3) is 0 Å². The number of rotatable bonds is 10. The maximum absolute atomic E-state index is 12.6. The third-order valence-electron chi connectivity index (χ3n) is 8.81. The molecule has 4 unspecified atom stereocenters. The maximum atomic E-state index is 12.6. The van der Waals surface area contributed by atoms with Crippen LogP contribution in [0.4, 0.5) is 10.5 Å². The molecule has 3 N–H and O–H groups in total. The minimum absolute atomic E-state index is 0.0170. The SMILES string of the molecule is CC1C(CN2CCCCC2)OC(c2ccc(CNC(=O)Nc3ccc(Oc4ccccc4)cc3)cc2)OC1c1ccc(CO)cc1. The molecule has 2 saturated heterocycles. The van der Waals surface area contributed by atoms with E-state index in [9.17, 15) is 9.90 Å². The number of para-hydroxylation sites is 1. The number of nitrogens with one attached hydrogen (secondary N) is 2. The summed E-state index contributed by atoms with van der Waals surface area (Å²) < 4.78 is 19.1. The zero-order valence-electron chi connectivity index (χ0n) is 26.3.